The maximum atomic E-state index is 12.9. The van der Waals surface area contributed by atoms with E-state index in [0.717, 1.165) is 36.3 Å². The van der Waals surface area contributed by atoms with Gasteiger partial charge in [-0.1, -0.05) is 44.0 Å². The number of carbonyl (C=O) groups is 1. The Balaban J connectivity index is 1.40. The number of carbonyl (C=O) groups excluding carboxylic acids is 1. The standard InChI is InChI=1S/C23H30N2O3S2/c1-2-17-9-11-19(12-10-17)23-24-20(14-29-23)15-30(27,28)16-22(26)25-13-5-7-18-6-3-4-8-21(18)25/h9-12,14,18,21H,2-8,13,15-16H2,1H3. The summed E-state index contributed by atoms with van der Waals surface area (Å²) >= 11 is 1.45. The topological polar surface area (TPSA) is 67.3 Å². The fraction of sp³-hybridized carbons (Fsp3) is 0.565. The molecule has 5 nitrogen and oxygen atoms in total. The summed E-state index contributed by atoms with van der Waals surface area (Å²) in [4.78, 5) is 19.3. The van der Waals surface area contributed by atoms with Gasteiger partial charge in [-0.3, -0.25) is 4.79 Å². The molecule has 4 rings (SSSR count). The monoisotopic (exact) mass is 446 g/mol. The number of piperidine rings is 1. The molecule has 1 aliphatic carbocycles. The Morgan fingerprint density at radius 2 is 1.87 bits per heavy atom. The Morgan fingerprint density at radius 3 is 2.63 bits per heavy atom. The van der Waals surface area contributed by atoms with E-state index in [1.807, 2.05) is 17.0 Å². The minimum absolute atomic E-state index is 0.176. The minimum atomic E-state index is -3.55. The summed E-state index contributed by atoms with van der Waals surface area (Å²) in [6.45, 7) is 2.81. The van der Waals surface area contributed by atoms with E-state index in [1.54, 1.807) is 5.38 Å². The molecule has 1 aromatic heterocycles. The highest BCUT2D eigenvalue weighted by molar-refractivity contribution is 7.91. The van der Waals surface area contributed by atoms with Crippen molar-refractivity contribution < 1.29 is 13.2 Å². The quantitative estimate of drug-likeness (QED) is 0.657. The van der Waals surface area contributed by atoms with Gasteiger partial charge in [0, 0.05) is 23.5 Å². The van der Waals surface area contributed by atoms with Crippen molar-refractivity contribution >= 4 is 27.1 Å². The van der Waals surface area contributed by atoms with Crippen LogP contribution in [0, 0.1) is 5.92 Å². The zero-order valence-corrected chi connectivity index (χ0v) is 19.2. The van der Waals surface area contributed by atoms with Crippen LogP contribution in [-0.4, -0.2) is 42.5 Å². The van der Waals surface area contributed by atoms with Crippen LogP contribution in [-0.2, 0) is 26.8 Å². The normalized spacial score (nSPS) is 22.0. The Kier molecular flexibility index (Phi) is 6.58. The molecule has 7 heteroatoms. The molecule has 0 bridgehead atoms. The van der Waals surface area contributed by atoms with E-state index in [1.165, 1.54) is 36.2 Å². The number of benzene rings is 1. The first-order valence-corrected chi connectivity index (χ1v) is 13.7. The molecule has 2 aliphatic rings. The molecule has 0 spiro atoms. The maximum Gasteiger partial charge on any atom is 0.238 e. The van der Waals surface area contributed by atoms with E-state index in [4.69, 9.17) is 0 Å². The Hall–Kier alpha value is -1.73. The molecule has 2 unspecified atom stereocenters. The number of nitrogens with zero attached hydrogens (tertiary/aromatic N) is 2. The fourth-order valence-corrected chi connectivity index (χ4v) is 7.04. The summed E-state index contributed by atoms with van der Waals surface area (Å²) in [6.07, 6.45) is 7.69. The first kappa shape index (κ1) is 21.5. The molecule has 0 N–H and O–H groups in total. The molecular formula is C23H30N2O3S2. The highest BCUT2D eigenvalue weighted by Gasteiger charge is 2.36. The van der Waals surface area contributed by atoms with Crippen molar-refractivity contribution in [3.63, 3.8) is 0 Å². The van der Waals surface area contributed by atoms with Gasteiger partial charge < -0.3 is 4.90 Å². The first-order valence-electron chi connectivity index (χ1n) is 11.0. The van der Waals surface area contributed by atoms with Crippen LogP contribution in [0.5, 0.6) is 0 Å². The average molecular weight is 447 g/mol. The summed E-state index contributed by atoms with van der Waals surface area (Å²) < 4.78 is 25.5. The van der Waals surface area contributed by atoms with Crippen LogP contribution in [0.1, 0.15) is 56.7 Å². The lowest BCUT2D eigenvalue weighted by Crippen LogP contribution is -2.51. The second-order valence-corrected chi connectivity index (χ2v) is 11.5. The van der Waals surface area contributed by atoms with E-state index in [0.29, 0.717) is 18.2 Å². The zero-order chi connectivity index (χ0) is 21.1. The number of aromatic nitrogens is 1. The van der Waals surface area contributed by atoms with E-state index in [2.05, 4.69) is 24.0 Å². The van der Waals surface area contributed by atoms with Gasteiger partial charge >= 0.3 is 0 Å². The lowest BCUT2D eigenvalue weighted by molar-refractivity contribution is -0.134. The Labute approximate surface area is 183 Å². The Morgan fingerprint density at radius 1 is 1.13 bits per heavy atom. The number of thiazole rings is 1. The average Bonchev–Trinajstić information content (AvgIpc) is 3.20. The maximum absolute atomic E-state index is 12.9. The number of rotatable bonds is 6. The van der Waals surface area contributed by atoms with E-state index >= 15 is 0 Å². The van der Waals surface area contributed by atoms with Crippen molar-refractivity contribution in [2.24, 2.45) is 5.92 Å². The molecule has 2 aromatic rings. The highest BCUT2D eigenvalue weighted by atomic mass is 32.2. The summed E-state index contributed by atoms with van der Waals surface area (Å²) in [5.74, 6) is -0.255. The van der Waals surface area contributed by atoms with Crippen molar-refractivity contribution in [2.75, 3.05) is 12.3 Å². The number of likely N-dealkylation sites (tertiary alicyclic amines) is 1. The zero-order valence-electron chi connectivity index (χ0n) is 17.5. The first-order chi connectivity index (χ1) is 14.4. The highest BCUT2D eigenvalue weighted by Crippen LogP contribution is 2.35. The lowest BCUT2D eigenvalue weighted by atomic mass is 9.78. The van der Waals surface area contributed by atoms with Crippen LogP contribution in [0.25, 0.3) is 10.6 Å². The van der Waals surface area contributed by atoms with Gasteiger partial charge in [-0.05, 0) is 43.6 Å². The van der Waals surface area contributed by atoms with Gasteiger partial charge in [-0.2, -0.15) is 0 Å². The number of fused-ring (bicyclic) bond motifs is 1. The van der Waals surface area contributed by atoms with Crippen LogP contribution in [0.4, 0.5) is 0 Å². The van der Waals surface area contributed by atoms with E-state index in [-0.39, 0.29) is 17.7 Å². The van der Waals surface area contributed by atoms with E-state index in [9.17, 15) is 13.2 Å². The van der Waals surface area contributed by atoms with Crippen LogP contribution < -0.4 is 0 Å². The molecule has 2 atom stereocenters. The third-order valence-corrected chi connectivity index (χ3v) is 8.80. The molecule has 1 saturated carbocycles. The molecular weight excluding hydrogens is 416 g/mol. The smallest absolute Gasteiger partial charge is 0.238 e. The second-order valence-electron chi connectivity index (χ2n) is 8.57. The van der Waals surface area contributed by atoms with E-state index < -0.39 is 15.6 Å². The molecule has 162 valence electrons. The second kappa shape index (κ2) is 9.18. The fourth-order valence-electron chi connectivity index (χ4n) is 4.87. The largest absolute Gasteiger partial charge is 0.339 e. The SMILES string of the molecule is CCc1ccc(-c2nc(CS(=O)(=O)CC(=O)N3CCCC4CCCCC43)cs2)cc1. The number of hydrogen-bond acceptors (Lipinski definition) is 5. The summed E-state index contributed by atoms with van der Waals surface area (Å²) in [7, 11) is -3.55. The van der Waals surface area contributed by atoms with Crippen molar-refractivity contribution in [1.82, 2.24) is 9.88 Å². The van der Waals surface area contributed by atoms with Crippen LogP contribution in [0.3, 0.4) is 0 Å². The molecule has 2 heterocycles. The number of sulfone groups is 1. The predicted molar refractivity (Wildman–Crippen MR) is 121 cm³/mol. The summed E-state index contributed by atoms with van der Waals surface area (Å²) in [5.41, 5.74) is 2.78. The van der Waals surface area contributed by atoms with Gasteiger partial charge in [0.25, 0.3) is 0 Å². The molecule has 1 amide bonds. The third kappa shape index (κ3) is 4.94. The number of hydrogen-bond donors (Lipinski definition) is 0. The lowest BCUT2D eigenvalue weighted by Gasteiger charge is -2.44. The van der Waals surface area contributed by atoms with Crippen molar-refractivity contribution in [1.29, 1.82) is 0 Å². The van der Waals surface area contributed by atoms with Gasteiger partial charge in [-0.15, -0.1) is 11.3 Å². The minimum Gasteiger partial charge on any atom is -0.339 e. The Bertz CT molecular complexity index is 980. The van der Waals surface area contributed by atoms with Crippen molar-refractivity contribution in [3.8, 4) is 10.6 Å². The molecule has 1 aliphatic heterocycles. The van der Waals surface area contributed by atoms with Gasteiger partial charge in [0.05, 0.1) is 11.4 Å². The van der Waals surface area contributed by atoms with Crippen LogP contribution in [0.2, 0.25) is 0 Å². The molecule has 30 heavy (non-hydrogen) atoms. The molecule has 0 radical (unpaired) electrons. The molecule has 1 aromatic carbocycles. The van der Waals surface area contributed by atoms with Gasteiger partial charge in [0.15, 0.2) is 9.84 Å². The summed E-state index contributed by atoms with van der Waals surface area (Å²) in [6, 6.07) is 8.44. The number of amides is 1. The summed E-state index contributed by atoms with van der Waals surface area (Å²) in [5, 5.41) is 2.61. The molecule has 2 fully saturated rings. The van der Waals surface area contributed by atoms with Gasteiger partial charge in [-0.25, -0.2) is 13.4 Å². The van der Waals surface area contributed by atoms with Crippen LogP contribution >= 0.6 is 11.3 Å². The molecule has 1 saturated heterocycles. The predicted octanol–water partition coefficient (Wildman–Crippen LogP) is 4.47. The van der Waals surface area contributed by atoms with Crippen molar-refractivity contribution in [2.45, 2.75) is 63.7 Å². The third-order valence-electron chi connectivity index (χ3n) is 6.44. The number of aryl methyl sites for hydroxylation is 1. The van der Waals surface area contributed by atoms with Gasteiger partial charge in [0.2, 0.25) is 5.91 Å². The van der Waals surface area contributed by atoms with Crippen molar-refractivity contribution in [3.05, 3.63) is 40.9 Å². The van der Waals surface area contributed by atoms with Crippen LogP contribution in [0.15, 0.2) is 29.6 Å². The van der Waals surface area contributed by atoms with Gasteiger partial charge in [0.1, 0.15) is 10.8 Å².